The molecule has 0 spiro atoms. The maximum Gasteiger partial charge on any atom is 0.435 e. The molecule has 8 heteroatoms. The van der Waals surface area contributed by atoms with Crippen LogP contribution in [0.3, 0.4) is 0 Å². The minimum absolute atomic E-state index is 0.191. The van der Waals surface area contributed by atoms with Gasteiger partial charge in [-0.3, -0.25) is 4.79 Å². The summed E-state index contributed by atoms with van der Waals surface area (Å²) in [7, 11) is 0. The Bertz CT molecular complexity index is 682. The van der Waals surface area contributed by atoms with E-state index in [2.05, 4.69) is 10.3 Å². The third kappa shape index (κ3) is 3.78. The lowest BCUT2D eigenvalue weighted by molar-refractivity contribution is -0.141. The van der Waals surface area contributed by atoms with E-state index in [0.29, 0.717) is 5.02 Å². The van der Waals surface area contributed by atoms with Crippen molar-refractivity contribution in [1.82, 2.24) is 10.3 Å². The first-order valence-electron chi connectivity index (χ1n) is 6.29. The summed E-state index contributed by atoms with van der Waals surface area (Å²) in [5, 5.41) is 3.28. The number of amides is 1. The van der Waals surface area contributed by atoms with Crippen molar-refractivity contribution >= 4 is 28.8 Å². The highest BCUT2D eigenvalue weighted by molar-refractivity contribution is 7.13. The van der Waals surface area contributed by atoms with E-state index in [4.69, 9.17) is 11.6 Å². The Hall–Kier alpha value is -1.60. The zero-order valence-corrected chi connectivity index (χ0v) is 13.2. The van der Waals surface area contributed by atoms with Gasteiger partial charge in [-0.2, -0.15) is 13.2 Å². The van der Waals surface area contributed by atoms with Crippen LogP contribution in [-0.4, -0.2) is 10.9 Å². The smallest absolute Gasteiger partial charge is 0.345 e. The van der Waals surface area contributed by atoms with Gasteiger partial charge in [0.25, 0.3) is 5.91 Å². The largest absolute Gasteiger partial charge is 0.435 e. The second-order valence-corrected chi connectivity index (χ2v) is 6.29. The number of hydrogen-bond acceptors (Lipinski definition) is 3. The van der Waals surface area contributed by atoms with E-state index < -0.39 is 28.7 Å². The number of carbonyl (C=O) groups excluding carboxylic acids is 1. The number of halogens is 4. The fourth-order valence-corrected chi connectivity index (χ4v) is 2.84. The summed E-state index contributed by atoms with van der Waals surface area (Å²) >= 11 is 6.50. The molecule has 2 rings (SSSR count). The van der Waals surface area contributed by atoms with Gasteiger partial charge in [-0.25, -0.2) is 4.98 Å². The van der Waals surface area contributed by atoms with Crippen LogP contribution in [0.5, 0.6) is 0 Å². The van der Waals surface area contributed by atoms with Crippen molar-refractivity contribution in [3.63, 3.8) is 0 Å². The summed E-state index contributed by atoms with van der Waals surface area (Å²) < 4.78 is 38.6. The van der Waals surface area contributed by atoms with Crippen LogP contribution in [0, 0.1) is 6.92 Å². The van der Waals surface area contributed by atoms with E-state index in [1.54, 1.807) is 31.2 Å². The molecule has 0 saturated heterocycles. The quantitative estimate of drug-likeness (QED) is 0.879. The lowest BCUT2D eigenvalue weighted by atomic mass is 10.1. The molecule has 0 aliphatic carbocycles. The number of nitrogens with one attached hydrogen (secondary N) is 1. The molecule has 2 aromatic rings. The average Bonchev–Trinajstić information content (AvgIpc) is 2.81. The Morgan fingerprint density at radius 1 is 1.32 bits per heavy atom. The van der Waals surface area contributed by atoms with E-state index in [1.165, 1.54) is 6.92 Å². The Morgan fingerprint density at radius 2 is 1.91 bits per heavy atom. The highest BCUT2D eigenvalue weighted by Crippen LogP contribution is 2.34. The van der Waals surface area contributed by atoms with Crippen LogP contribution in [0.25, 0.3) is 0 Å². The number of alkyl halides is 3. The molecule has 3 nitrogen and oxygen atoms in total. The summed E-state index contributed by atoms with van der Waals surface area (Å²) in [6.07, 6.45) is -4.65. The molecule has 1 amide bonds. The SMILES string of the molecule is Cc1nc(C(F)(F)F)c(C(=O)NC(C)c2ccc(Cl)cc2)s1. The Labute approximate surface area is 134 Å². The number of benzene rings is 1. The Morgan fingerprint density at radius 3 is 2.45 bits per heavy atom. The Kier molecular flexibility index (Phi) is 4.77. The van der Waals surface area contributed by atoms with Crippen molar-refractivity contribution < 1.29 is 18.0 Å². The highest BCUT2D eigenvalue weighted by Gasteiger charge is 2.39. The first-order valence-corrected chi connectivity index (χ1v) is 7.49. The van der Waals surface area contributed by atoms with Crippen molar-refractivity contribution in [2.24, 2.45) is 0 Å². The second-order valence-electron chi connectivity index (χ2n) is 4.66. The van der Waals surface area contributed by atoms with Gasteiger partial charge in [-0.1, -0.05) is 23.7 Å². The molecule has 22 heavy (non-hydrogen) atoms. The zero-order valence-electron chi connectivity index (χ0n) is 11.7. The van der Waals surface area contributed by atoms with Crippen molar-refractivity contribution in [2.45, 2.75) is 26.1 Å². The molecule has 118 valence electrons. The summed E-state index contributed by atoms with van der Waals surface area (Å²) in [5.41, 5.74) is -0.400. The summed E-state index contributed by atoms with van der Waals surface area (Å²) in [6, 6.07) is 6.26. The monoisotopic (exact) mass is 348 g/mol. The average molecular weight is 349 g/mol. The van der Waals surface area contributed by atoms with Crippen LogP contribution in [0.1, 0.15) is 38.9 Å². The minimum Gasteiger partial charge on any atom is -0.345 e. The lowest BCUT2D eigenvalue weighted by Gasteiger charge is -2.14. The van der Waals surface area contributed by atoms with Crippen LogP contribution in [-0.2, 0) is 6.18 Å². The zero-order chi connectivity index (χ0) is 16.5. The van der Waals surface area contributed by atoms with E-state index in [9.17, 15) is 18.0 Å². The van der Waals surface area contributed by atoms with E-state index in [1.807, 2.05) is 0 Å². The van der Waals surface area contributed by atoms with Gasteiger partial charge in [-0.15, -0.1) is 11.3 Å². The summed E-state index contributed by atoms with van der Waals surface area (Å²) in [4.78, 5) is 15.1. The van der Waals surface area contributed by atoms with Crippen LogP contribution in [0.15, 0.2) is 24.3 Å². The van der Waals surface area contributed by atoms with Crippen LogP contribution in [0.2, 0.25) is 5.02 Å². The lowest BCUT2D eigenvalue weighted by Crippen LogP contribution is -2.28. The molecule has 0 aliphatic heterocycles. The second kappa shape index (κ2) is 6.26. The molecule has 1 atom stereocenters. The molecule has 1 unspecified atom stereocenters. The van der Waals surface area contributed by atoms with Crippen molar-refractivity contribution in [3.8, 4) is 0 Å². The van der Waals surface area contributed by atoms with Gasteiger partial charge in [0.2, 0.25) is 0 Å². The van der Waals surface area contributed by atoms with Crippen molar-refractivity contribution in [2.75, 3.05) is 0 Å². The number of thiazole rings is 1. The molecule has 0 aliphatic rings. The number of rotatable bonds is 3. The minimum atomic E-state index is -4.65. The first kappa shape index (κ1) is 16.8. The van der Waals surface area contributed by atoms with Gasteiger partial charge in [0.1, 0.15) is 4.88 Å². The first-order chi connectivity index (χ1) is 10.2. The van der Waals surface area contributed by atoms with Crippen LogP contribution in [0.4, 0.5) is 13.2 Å². The van der Waals surface area contributed by atoms with Gasteiger partial charge in [0.05, 0.1) is 11.0 Å². The fourth-order valence-electron chi connectivity index (χ4n) is 1.87. The summed E-state index contributed by atoms with van der Waals surface area (Å²) in [6.45, 7) is 3.11. The number of aryl methyl sites for hydroxylation is 1. The number of nitrogens with zero attached hydrogens (tertiary/aromatic N) is 1. The molecule has 1 heterocycles. The van der Waals surface area contributed by atoms with Crippen molar-refractivity contribution in [1.29, 1.82) is 0 Å². The predicted octanol–water partition coefficient (Wildman–Crippen LogP) is 4.61. The van der Waals surface area contributed by atoms with E-state index in [-0.39, 0.29) is 5.01 Å². The molecule has 1 N–H and O–H groups in total. The molecule has 0 saturated carbocycles. The van der Waals surface area contributed by atoms with Crippen LogP contribution < -0.4 is 5.32 Å². The standard InChI is InChI=1S/C14H12ClF3N2OS/c1-7(9-3-5-10(15)6-4-9)19-13(21)11-12(14(16,17)18)20-8(2)22-11/h3-7H,1-2H3,(H,19,21). The molecule has 0 radical (unpaired) electrons. The normalized spacial score (nSPS) is 13.0. The molecule has 0 bridgehead atoms. The third-order valence-electron chi connectivity index (χ3n) is 2.93. The predicted molar refractivity (Wildman–Crippen MR) is 79.2 cm³/mol. The maximum atomic E-state index is 12.9. The molecular weight excluding hydrogens is 337 g/mol. The van der Waals surface area contributed by atoms with Gasteiger partial charge < -0.3 is 5.32 Å². The molecule has 1 aromatic carbocycles. The fraction of sp³-hybridized carbons (Fsp3) is 0.286. The third-order valence-corrected chi connectivity index (χ3v) is 4.15. The number of aromatic nitrogens is 1. The molecule has 1 aromatic heterocycles. The maximum absolute atomic E-state index is 12.9. The highest BCUT2D eigenvalue weighted by atomic mass is 35.5. The van der Waals surface area contributed by atoms with E-state index in [0.717, 1.165) is 16.9 Å². The van der Waals surface area contributed by atoms with Gasteiger partial charge in [-0.05, 0) is 31.5 Å². The van der Waals surface area contributed by atoms with Gasteiger partial charge in [0, 0.05) is 5.02 Å². The van der Waals surface area contributed by atoms with Crippen LogP contribution >= 0.6 is 22.9 Å². The Balaban J connectivity index is 2.21. The van der Waals surface area contributed by atoms with Crippen molar-refractivity contribution in [3.05, 3.63) is 50.4 Å². The topological polar surface area (TPSA) is 42.0 Å². The van der Waals surface area contributed by atoms with Gasteiger partial charge in [0.15, 0.2) is 5.69 Å². The molecule has 0 fully saturated rings. The van der Waals surface area contributed by atoms with E-state index >= 15 is 0 Å². The summed E-state index contributed by atoms with van der Waals surface area (Å²) in [5.74, 6) is -0.791. The molecular formula is C14H12ClF3N2OS. The number of carbonyl (C=O) groups is 1. The number of hydrogen-bond donors (Lipinski definition) is 1. The van der Waals surface area contributed by atoms with Gasteiger partial charge >= 0.3 is 6.18 Å².